The van der Waals surface area contributed by atoms with Crippen LogP contribution in [-0.2, 0) is 16.0 Å². The summed E-state index contributed by atoms with van der Waals surface area (Å²) in [6.45, 7) is 6.40. The van der Waals surface area contributed by atoms with Crippen LogP contribution in [-0.4, -0.2) is 41.3 Å². The highest BCUT2D eigenvalue weighted by atomic mass is 19.1. The summed E-state index contributed by atoms with van der Waals surface area (Å²) < 4.78 is 23.0. The van der Waals surface area contributed by atoms with Crippen LogP contribution < -0.4 is 10.6 Å². The van der Waals surface area contributed by atoms with Crippen molar-refractivity contribution in [2.75, 3.05) is 13.2 Å². The van der Waals surface area contributed by atoms with Crippen molar-refractivity contribution in [1.29, 1.82) is 0 Å². The van der Waals surface area contributed by atoms with Crippen LogP contribution in [0.1, 0.15) is 39.5 Å². The van der Waals surface area contributed by atoms with Crippen molar-refractivity contribution >= 4 is 12.0 Å². The number of halogens is 1. The standard InChI is InChI=1S/C20H27FN4O4/c1-4-28-20(27)23-16(11-13(2)3)12-22-17(26)9-10-18-24-19(25-29-18)14-5-7-15(21)8-6-14/h5-8,13,16H,4,9-12H2,1-3H3,(H,22,26)(H,23,27). The molecule has 2 rings (SSSR count). The fraction of sp³-hybridized carbons (Fsp3) is 0.500. The second kappa shape index (κ2) is 11.1. The van der Waals surface area contributed by atoms with Gasteiger partial charge in [-0.2, -0.15) is 4.98 Å². The van der Waals surface area contributed by atoms with E-state index in [4.69, 9.17) is 9.26 Å². The largest absolute Gasteiger partial charge is 0.450 e. The Hall–Kier alpha value is -2.97. The lowest BCUT2D eigenvalue weighted by Gasteiger charge is -2.20. The van der Waals surface area contributed by atoms with E-state index in [2.05, 4.69) is 20.8 Å². The van der Waals surface area contributed by atoms with Crippen LogP contribution in [0.2, 0.25) is 0 Å². The molecule has 0 spiro atoms. The lowest BCUT2D eigenvalue weighted by molar-refractivity contribution is -0.121. The minimum Gasteiger partial charge on any atom is -0.450 e. The number of ether oxygens (including phenoxy) is 1. The number of alkyl carbamates (subject to hydrolysis) is 1. The first kappa shape index (κ1) is 22.3. The summed E-state index contributed by atoms with van der Waals surface area (Å²) in [6.07, 6.45) is 0.662. The molecular formula is C20H27FN4O4. The number of nitrogens with one attached hydrogen (secondary N) is 2. The lowest BCUT2D eigenvalue weighted by Crippen LogP contribution is -2.44. The van der Waals surface area contributed by atoms with E-state index in [0.717, 1.165) is 0 Å². The van der Waals surface area contributed by atoms with Gasteiger partial charge in [0.05, 0.1) is 6.61 Å². The van der Waals surface area contributed by atoms with Gasteiger partial charge in [-0.15, -0.1) is 0 Å². The predicted molar refractivity (Wildman–Crippen MR) is 104 cm³/mol. The van der Waals surface area contributed by atoms with Gasteiger partial charge in [0.25, 0.3) is 0 Å². The minimum absolute atomic E-state index is 0.166. The zero-order valence-corrected chi connectivity index (χ0v) is 16.9. The zero-order chi connectivity index (χ0) is 21.2. The van der Waals surface area contributed by atoms with Gasteiger partial charge in [0.2, 0.25) is 17.6 Å². The molecule has 8 nitrogen and oxygen atoms in total. The van der Waals surface area contributed by atoms with E-state index >= 15 is 0 Å². The number of amides is 2. The Kier molecular flexibility index (Phi) is 8.57. The highest BCUT2D eigenvalue weighted by Crippen LogP contribution is 2.16. The van der Waals surface area contributed by atoms with Gasteiger partial charge in [-0.05, 0) is 43.5 Å². The molecule has 0 aliphatic carbocycles. The second-order valence-electron chi connectivity index (χ2n) is 7.01. The topological polar surface area (TPSA) is 106 Å². The van der Waals surface area contributed by atoms with Crippen molar-refractivity contribution in [3.05, 3.63) is 36.0 Å². The molecule has 0 saturated carbocycles. The van der Waals surface area contributed by atoms with E-state index in [1.807, 2.05) is 13.8 Å². The summed E-state index contributed by atoms with van der Waals surface area (Å²) in [5.74, 6) is 0.481. The Morgan fingerprint density at radius 1 is 1.24 bits per heavy atom. The monoisotopic (exact) mass is 406 g/mol. The van der Waals surface area contributed by atoms with E-state index in [9.17, 15) is 14.0 Å². The maximum absolute atomic E-state index is 13.0. The van der Waals surface area contributed by atoms with Crippen molar-refractivity contribution in [3.63, 3.8) is 0 Å². The summed E-state index contributed by atoms with van der Waals surface area (Å²) in [6, 6.07) is 5.53. The smallest absolute Gasteiger partial charge is 0.407 e. The fourth-order valence-electron chi connectivity index (χ4n) is 2.72. The molecule has 2 amide bonds. The van der Waals surface area contributed by atoms with Gasteiger partial charge in [0.1, 0.15) is 5.82 Å². The molecule has 1 heterocycles. The summed E-state index contributed by atoms with van der Waals surface area (Å²) >= 11 is 0. The van der Waals surface area contributed by atoms with Crippen LogP contribution in [0.15, 0.2) is 28.8 Å². The Balaban J connectivity index is 1.80. The number of nitrogens with zero attached hydrogens (tertiary/aromatic N) is 2. The normalized spacial score (nSPS) is 11.9. The van der Waals surface area contributed by atoms with Gasteiger partial charge in [0, 0.05) is 31.0 Å². The van der Waals surface area contributed by atoms with Crippen LogP contribution in [0, 0.1) is 11.7 Å². The van der Waals surface area contributed by atoms with Gasteiger partial charge in [0.15, 0.2) is 0 Å². The summed E-state index contributed by atoms with van der Waals surface area (Å²) in [5, 5.41) is 9.42. The molecule has 9 heteroatoms. The highest BCUT2D eigenvalue weighted by Gasteiger charge is 2.16. The Bertz CT molecular complexity index is 792. The first-order chi connectivity index (χ1) is 13.9. The summed E-state index contributed by atoms with van der Waals surface area (Å²) in [4.78, 5) is 28.0. The maximum Gasteiger partial charge on any atom is 0.407 e. The average Bonchev–Trinajstić information content (AvgIpc) is 3.14. The molecule has 1 aromatic heterocycles. The van der Waals surface area contributed by atoms with E-state index in [1.165, 1.54) is 12.1 Å². The van der Waals surface area contributed by atoms with Gasteiger partial charge < -0.3 is 19.9 Å². The van der Waals surface area contributed by atoms with Crippen molar-refractivity contribution in [2.45, 2.75) is 46.1 Å². The fourth-order valence-corrected chi connectivity index (χ4v) is 2.72. The SMILES string of the molecule is CCOC(=O)NC(CNC(=O)CCc1nc(-c2ccc(F)cc2)no1)CC(C)C. The van der Waals surface area contributed by atoms with Gasteiger partial charge >= 0.3 is 6.09 Å². The number of carbonyl (C=O) groups excluding carboxylic acids is 2. The minimum atomic E-state index is -0.494. The Labute approximate surface area is 169 Å². The number of rotatable bonds is 10. The molecule has 0 fully saturated rings. The molecule has 2 aromatic rings. The predicted octanol–water partition coefficient (Wildman–Crippen LogP) is 3.09. The number of benzene rings is 1. The number of aryl methyl sites for hydroxylation is 1. The third-order valence-electron chi connectivity index (χ3n) is 4.04. The van der Waals surface area contributed by atoms with Crippen LogP contribution in [0.5, 0.6) is 0 Å². The molecule has 2 N–H and O–H groups in total. The molecule has 1 unspecified atom stereocenters. The van der Waals surface area contributed by atoms with Gasteiger partial charge in [-0.25, -0.2) is 9.18 Å². The number of carbonyl (C=O) groups is 2. The first-order valence-corrected chi connectivity index (χ1v) is 9.65. The number of aromatic nitrogens is 2. The van der Waals surface area contributed by atoms with Crippen LogP contribution >= 0.6 is 0 Å². The molecule has 29 heavy (non-hydrogen) atoms. The van der Waals surface area contributed by atoms with Crippen molar-refractivity contribution in [1.82, 2.24) is 20.8 Å². The third kappa shape index (κ3) is 7.89. The van der Waals surface area contributed by atoms with Gasteiger partial charge in [-0.3, -0.25) is 4.79 Å². The van der Waals surface area contributed by atoms with E-state index in [-0.39, 0.29) is 37.2 Å². The molecule has 0 aliphatic heterocycles. The summed E-state index contributed by atoms with van der Waals surface area (Å²) in [7, 11) is 0. The van der Waals surface area contributed by atoms with E-state index in [0.29, 0.717) is 36.2 Å². The molecule has 0 aliphatic rings. The zero-order valence-electron chi connectivity index (χ0n) is 16.9. The molecule has 0 saturated heterocycles. The summed E-state index contributed by atoms with van der Waals surface area (Å²) in [5.41, 5.74) is 0.632. The van der Waals surface area contributed by atoms with Crippen molar-refractivity contribution in [2.24, 2.45) is 5.92 Å². The third-order valence-corrected chi connectivity index (χ3v) is 4.04. The van der Waals surface area contributed by atoms with Crippen molar-refractivity contribution < 1.29 is 23.2 Å². The molecule has 1 aromatic carbocycles. The molecule has 0 radical (unpaired) electrons. The molecule has 158 valence electrons. The first-order valence-electron chi connectivity index (χ1n) is 9.65. The van der Waals surface area contributed by atoms with Gasteiger partial charge in [-0.1, -0.05) is 19.0 Å². The maximum atomic E-state index is 13.0. The molecular weight excluding hydrogens is 379 g/mol. The Morgan fingerprint density at radius 2 is 1.97 bits per heavy atom. The lowest BCUT2D eigenvalue weighted by atomic mass is 10.0. The van der Waals surface area contributed by atoms with Crippen molar-refractivity contribution in [3.8, 4) is 11.4 Å². The number of hydrogen-bond acceptors (Lipinski definition) is 6. The second-order valence-corrected chi connectivity index (χ2v) is 7.01. The van der Waals surface area contributed by atoms with E-state index < -0.39 is 6.09 Å². The number of hydrogen-bond donors (Lipinski definition) is 2. The van der Waals surface area contributed by atoms with E-state index in [1.54, 1.807) is 19.1 Å². The average molecular weight is 406 g/mol. The molecule has 0 bridgehead atoms. The van der Waals surface area contributed by atoms with Crippen LogP contribution in [0.4, 0.5) is 9.18 Å². The quantitative estimate of drug-likeness (QED) is 0.628. The highest BCUT2D eigenvalue weighted by molar-refractivity contribution is 5.76. The Morgan fingerprint density at radius 3 is 2.62 bits per heavy atom. The van der Waals surface area contributed by atoms with Crippen LogP contribution in [0.3, 0.4) is 0 Å². The van der Waals surface area contributed by atoms with Crippen LogP contribution in [0.25, 0.3) is 11.4 Å². The molecule has 1 atom stereocenters.